The first-order valence-corrected chi connectivity index (χ1v) is 8.91. The molecule has 2 rings (SSSR count). The number of benzene rings is 1. The molecule has 1 heterocycles. The van der Waals surface area contributed by atoms with E-state index in [-0.39, 0.29) is 24.0 Å². The van der Waals surface area contributed by atoms with Crippen molar-refractivity contribution in [1.82, 2.24) is 15.6 Å². The summed E-state index contributed by atoms with van der Waals surface area (Å²) in [6.07, 6.45) is 0. The maximum Gasteiger partial charge on any atom is 0.191 e. The first kappa shape index (κ1) is 20.9. The van der Waals surface area contributed by atoms with E-state index in [4.69, 9.17) is 0 Å². The van der Waals surface area contributed by atoms with E-state index in [0.29, 0.717) is 12.5 Å². The monoisotopic (exact) mass is 458 g/mol. The summed E-state index contributed by atoms with van der Waals surface area (Å²) in [5.41, 5.74) is 2.43. The van der Waals surface area contributed by atoms with Gasteiger partial charge in [-0.2, -0.15) is 0 Å². The SMILES string of the molecule is CCNC(=NCc1sc(C)nc1C)NCC(C)c1ccccc1.I. The van der Waals surface area contributed by atoms with Crippen molar-refractivity contribution < 1.29 is 0 Å². The zero-order valence-corrected chi connectivity index (χ0v) is 17.9. The molecule has 1 unspecified atom stereocenters. The molecule has 2 N–H and O–H groups in total. The van der Waals surface area contributed by atoms with Gasteiger partial charge in [-0.15, -0.1) is 35.3 Å². The van der Waals surface area contributed by atoms with E-state index in [1.807, 2.05) is 13.8 Å². The van der Waals surface area contributed by atoms with Crippen LogP contribution in [0.5, 0.6) is 0 Å². The molecule has 0 spiro atoms. The van der Waals surface area contributed by atoms with Crippen molar-refractivity contribution in [3.05, 3.63) is 51.5 Å². The van der Waals surface area contributed by atoms with E-state index in [0.717, 1.165) is 29.8 Å². The summed E-state index contributed by atoms with van der Waals surface area (Å²) < 4.78 is 0. The summed E-state index contributed by atoms with van der Waals surface area (Å²) in [5.74, 6) is 1.30. The molecule has 2 aromatic rings. The van der Waals surface area contributed by atoms with Gasteiger partial charge in [0.2, 0.25) is 0 Å². The predicted molar refractivity (Wildman–Crippen MR) is 115 cm³/mol. The van der Waals surface area contributed by atoms with Crippen LogP contribution in [0.3, 0.4) is 0 Å². The van der Waals surface area contributed by atoms with E-state index in [1.54, 1.807) is 11.3 Å². The lowest BCUT2D eigenvalue weighted by molar-refractivity contribution is 0.700. The average Bonchev–Trinajstić information content (AvgIpc) is 2.88. The minimum Gasteiger partial charge on any atom is -0.357 e. The van der Waals surface area contributed by atoms with E-state index in [9.17, 15) is 0 Å². The third-order valence-electron chi connectivity index (χ3n) is 3.67. The average molecular weight is 458 g/mol. The van der Waals surface area contributed by atoms with Crippen molar-refractivity contribution >= 4 is 41.3 Å². The second-order valence-electron chi connectivity index (χ2n) is 5.63. The van der Waals surface area contributed by atoms with Crippen LogP contribution < -0.4 is 10.6 Å². The summed E-state index contributed by atoms with van der Waals surface area (Å²) in [6, 6.07) is 10.5. The number of guanidine groups is 1. The van der Waals surface area contributed by atoms with Crippen LogP contribution in [0, 0.1) is 13.8 Å². The smallest absolute Gasteiger partial charge is 0.191 e. The van der Waals surface area contributed by atoms with Crippen molar-refractivity contribution in [3.63, 3.8) is 0 Å². The highest BCUT2D eigenvalue weighted by atomic mass is 127. The van der Waals surface area contributed by atoms with Crippen LogP contribution in [-0.2, 0) is 6.54 Å². The fourth-order valence-corrected chi connectivity index (χ4v) is 3.22. The quantitative estimate of drug-likeness (QED) is 0.387. The zero-order valence-electron chi connectivity index (χ0n) is 14.8. The highest BCUT2D eigenvalue weighted by Crippen LogP contribution is 2.18. The van der Waals surface area contributed by atoms with Crippen LogP contribution in [0.1, 0.15) is 40.9 Å². The van der Waals surface area contributed by atoms with Crippen LogP contribution in [0.2, 0.25) is 0 Å². The Morgan fingerprint density at radius 3 is 2.50 bits per heavy atom. The molecule has 1 aromatic heterocycles. The van der Waals surface area contributed by atoms with Crippen molar-refractivity contribution in [3.8, 4) is 0 Å². The molecule has 0 aliphatic heterocycles. The molecule has 1 atom stereocenters. The van der Waals surface area contributed by atoms with Gasteiger partial charge in [-0.1, -0.05) is 37.3 Å². The van der Waals surface area contributed by atoms with Gasteiger partial charge in [-0.3, -0.25) is 0 Å². The van der Waals surface area contributed by atoms with Gasteiger partial charge in [0.1, 0.15) is 0 Å². The maximum atomic E-state index is 4.69. The molecular weight excluding hydrogens is 431 g/mol. The standard InChI is InChI=1S/C18H26N4S.HI/c1-5-19-18(21-12-17-14(3)22-15(4)23-17)20-11-13(2)16-9-7-6-8-10-16;/h6-10,13H,5,11-12H2,1-4H3,(H2,19,20,21);1H. The highest BCUT2D eigenvalue weighted by molar-refractivity contribution is 14.0. The minimum atomic E-state index is 0. The molecule has 0 radical (unpaired) electrons. The molecule has 132 valence electrons. The van der Waals surface area contributed by atoms with Crippen molar-refractivity contribution in [2.45, 2.75) is 40.2 Å². The number of nitrogens with zero attached hydrogens (tertiary/aromatic N) is 2. The number of halogens is 1. The van der Waals surface area contributed by atoms with Crippen LogP contribution in [0.4, 0.5) is 0 Å². The van der Waals surface area contributed by atoms with Gasteiger partial charge in [0.05, 0.1) is 17.2 Å². The molecule has 0 amide bonds. The molecule has 0 fully saturated rings. The highest BCUT2D eigenvalue weighted by Gasteiger charge is 2.07. The first-order valence-electron chi connectivity index (χ1n) is 8.10. The largest absolute Gasteiger partial charge is 0.357 e. The number of aromatic nitrogens is 1. The van der Waals surface area contributed by atoms with Gasteiger partial charge in [-0.25, -0.2) is 9.98 Å². The van der Waals surface area contributed by atoms with E-state index < -0.39 is 0 Å². The van der Waals surface area contributed by atoms with Gasteiger partial charge in [-0.05, 0) is 32.3 Å². The minimum absolute atomic E-state index is 0. The third kappa shape index (κ3) is 6.39. The van der Waals surface area contributed by atoms with Gasteiger partial charge >= 0.3 is 0 Å². The van der Waals surface area contributed by atoms with Crippen molar-refractivity contribution in [2.75, 3.05) is 13.1 Å². The lowest BCUT2D eigenvalue weighted by Gasteiger charge is -2.16. The van der Waals surface area contributed by atoms with Crippen molar-refractivity contribution in [1.29, 1.82) is 0 Å². The van der Waals surface area contributed by atoms with Crippen LogP contribution in [0.15, 0.2) is 35.3 Å². The topological polar surface area (TPSA) is 49.3 Å². The Labute approximate surface area is 166 Å². The Hall–Kier alpha value is -1.15. The summed E-state index contributed by atoms with van der Waals surface area (Å²) in [6.45, 7) is 10.8. The maximum absolute atomic E-state index is 4.69. The Balaban J connectivity index is 0.00000288. The van der Waals surface area contributed by atoms with Crippen LogP contribution in [0.25, 0.3) is 0 Å². The van der Waals surface area contributed by atoms with Crippen molar-refractivity contribution in [2.24, 2.45) is 4.99 Å². The molecular formula is C18H27IN4S. The van der Waals surface area contributed by atoms with Crippen LogP contribution >= 0.6 is 35.3 Å². The van der Waals surface area contributed by atoms with Gasteiger partial charge in [0.25, 0.3) is 0 Å². The lowest BCUT2D eigenvalue weighted by atomic mass is 10.0. The first-order chi connectivity index (χ1) is 11.1. The molecule has 0 saturated heterocycles. The zero-order chi connectivity index (χ0) is 16.7. The number of aliphatic imine (C=N–C) groups is 1. The number of nitrogens with one attached hydrogen (secondary N) is 2. The number of rotatable bonds is 6. The lowest BCUT2D eigenvalue weighted by Crippen LogP contribution is -2.39. The number of hydrogen-bond acceptors (Lipinski definition) is 3. The third-order valence-corrected chi connectivity index (χ3v) is 4.73. The Morgan fingerprint density at radius 1 is 1.21 bits per heavy atom. The summed E-state index contributed by atoms with van der Waals surface area (Å²) in [7, 11) is 0. The fourth-order valence-electron chi connectivity index (χ4n) is 2.36. The summed E-state index contributed by atoms with van der Waals surface area (Å²) in [4.78, 5) is 10.4. The summed E-state index contributed by atoms with van der Waals surface area (Å²) >= 11 is 1.72. The normalized spacial score (nSPS) is 12.4. The Bertz CT molecular complexity index is 640. The van der Waals surface area contributed by atoms with Gasteiger partial charge in [0, 0.05) is 18.0 Å². The number of hydrogen-bond donors (Lipinski definition) is 2. The molecule has 24 heavy (non-hydrogen) atoms. The second-order valence-corrected chi connectivity index (χ2v) is 6.92. The number of aryl methyl sites for hydroxylation is 2. The predicted octanol–water partition coefficient (Wildman–Crippen LogP) is 4.24. The van der Waals surface area contributed by atoms with Crippen LogP contribution in [-0.4, -0.2) is 24.0 Å². The van der Waals surface area contributed by atoms with Gasteiger partial charge in [0.15, 0.2) is 5.96 Å². The van der Waals surface area contributed by atoms with E-state index >= 15 is 0 Å². The van der Waals surface area contributed by atoms with E-state index in [2.05, 4.69) is 64.8 Å². The molecule has 0 saturated carbocycles. The number of thiazole rings is 1. The molecule has 6 heteroatoms. The second kappa shape index (κ2) is 10.7. The molecule has 0 aliphatic rings. The van der Waals surface area contributed by atoms with E-state index in [1.165, 1.54) is 10.4 Å². The molecule has 0 bridgehead atoms. The summed E-state index contributed by atoms with van der Waals surface area (Å²) in [5, 5.41) is 7.85. The molecule has 1 aromatic carbocycles. The fraction of sp³-hybridized carbons (Fsp3) is 0.444. The Kier molecular flexibility index (Phi) is 9.28. The molecule has 0 aliphatic carbocycles. The Morgan fingerprint density at radius 2 is 1.92 bits per heavy atom. The molecule has 4 nitrogen and oxygen atoms in total. The van der Waals surface area contributed by atoms with Gasteiger partial charge < -0.3 is 10.6 Å².